The highest BCUT2D eigenvalue weighted by molar-refractivity contribution is 7.21. The minimum absolute atomic E-state index is 0.132. The Morgan fingerprint density at radius 2 is 1.84 bits per heavy atom. The van der Waals surface area contributed by atoms with Crippen LogP contribution in [0.2, 0.25) is 0 Å². The van der Waals surface area contributed by atoms with E-state index in [4.69, 9.17) is 0 Å². The molecule has 1 amide bonds. The Kier molecular flexibility index (Phi) is 4.40. The Morgan fingerprint density at radius 1 is 1.08 bits per heavy atom. The van der Waals surface area contributed by atoms with Crippen LogP contribution in [0.3, 0.4) is 0 Å². The number of phenols is 1. The fourth-order valence-corrected chi connectivity index (χ4v) is 4.29. The van der Waals surface area contributed by atoms with Gasteiger partial charge in [0.2, 0.25) is 5.91 Å². The summed E-state index contributed by atoms with van der Waals surface area (Å²) in [7, 11) is 0. The fraction of sp³-hybridized carbons (Fsp3) is 0.300. The summed E-state index contributed by atoms with van der Waals surface area (Å²) in [5, 5.41) is 13.4. The van der Waals surface area contributed by atoms with Gasteiger partial charge in [-0.05, 0) is 55.3 Å². The van der Waals surface area contributed by atoms with Gasteiger partial charge >= 0.3 is 0 Å². The van der Waals surface area contributed by atoms with Gasteiger partial charge < -0.3 is 10.4 Å². The molecular weight excluding hydrogens is 332 g/mol. The van der Waals surface area contributed by atoms with Crippen molar-refractivity contribution in [3.05, 3.63) is 42.5 Å². The quantitative estimate of drug-likeness (QED) is 0.682. The Balaban J connectivity index is 1.55. The maximum atomic E-state index is 12.4. The second-order valence-electron chi connectivity index (χ2n) is 6.57. The third kappa shape index (κ3) is 3.51. The monoisotopic (exact) mass is 352 g/mol. The molecule has 1 fully saturated rings. The van der Waals surface area contributed by atoms with Crippen molar-refractivity contribution >= 4 is 33.1 Å². The van der Waals surface area contributed by atoms with E-state index in [0.29, 0.717) is 0 Å². The van der Waals surface area contributed by atoms with Gasteiger partial charge in [-0.15, -0.1) is 11.3 Å². The fourth-order valence-electron chi connectivity index (χ4n) is 3.34. The standard InChI is InChI=1S/C20H20N2O2S/c23-16-9-6-14(7-10-16)20-22-17-12-15(8-11-18(17)25-20)21-19(24)13-4-2-1-3-5-13/h6-13,23H,1-5H2,(H,21,24). The van der Waals surface area contributed by atoms with Crippen molar-refractivity contribution in [3.63, 3.8) is 0 Å². The first kappa shape index (κ1) is 16.1. The van der Waals surface area contributed by atoms with Crippen molar-refractivity contribution in [1.82, 2.24) is 4.98 Å². The van der Waals surface area contributed by atoms with Gasteiger partial charge in [0.15, 0.2) is 0 Å². The lowest BCUT2D eigenvalue weighted by molar-refractivity contribution is -0.120. The molecule has 4 nitrogen and oxygen atoms in total. The number of thiazole rings is 1. The molecule has 0 aliphatic heterocycles. The summed E-state index contributed by atoms with van der Waals surface area (Å²) in [4.78, 5) is 17.1. The van der Waals surface area contributed by atoms with E-state index in [0.717, 1.165) is 52.2 Å². The molecule has 2 N–H and O–H groups in total. The number of nitrogens with zero attached hydrogens (tertiary/aromatic N) is 1. The topological polar surface area (TPSA) is 62.2 Å². The third-order valence-corrected chi connectivity index (χ3v) is 5.83. The van der Waals surface area contributed by atoms with E-state index in [1.807, 2.05) is 30.3 Å². The lowest BCUT2D eigenvalue weighted by Crippen LogP contribution is -2.24. The van der Waals surface area contributed by atoms with Crippen LogP contribution in [0.15, 0.2) is 42.5 Å². The number of hydrogen-bond acceptors (Lipinski definition) is 4. The number of benzene rings is 2. The highest BCUT2D eigenvalue weighted by atomic mass is 32.1. The molecule has 0 bridgehead atoms. The van der Waals surface area contributed by atoms with E-state index in [1.54, 1.807) is 23.5 Å². The summed E-state index contributed by atoms with van der Waals surface area (Å²) in [6, 6.07) is 12.9. The van der Waals surface area contributed by atoms with E-state index in [-0.39, 0.29) is 17.6 Å². The minimum Gasteiger partial charge on any atom is -0.508 e. The molecule has 0 saturated heterocycles. The molecule has 1 heterocycles. The van der Waals surface area contributed by atoms with Crippen LogP contribution in [0.4, 0.5) is 5.69 Å². The lowest BCUT2D eigenvalue weighted by atomic mass is 9.88. The highest BCUT2D eigenvalue weighted by Crippen LogP contribution is 2.32. The van der Waals surface area contributed by atoms with Crippen molar-refractivity contribution in [2.75, 3.05) is 5.32 Å². The van der Waals surface area contributed by atoms with E-state index in [2.05, 4.69) is 10.3 Å². The molecular formula is C20H20N2O2S. The van der Waals surface area contributed by atoms with Crippen LogP contribution in [-0.2, 0) is 4.79 Å². The number of anilines is 1. The van der Waals surface area contributed by atoms with Crippen LogP contribution >= 0.6 is 11.3 Å². The molecule has 1 aliphatic rings. The summed E-state index contributed by atoms with van der Waals surface area (Å²) in [5.41, 5.74) is 2.67. The number of fused-ring (bicyclic) bond motifs is 1. The van der Waals surface area contributed by atoms with Gasteiger partial charge in [-0.3, -0.25) is 4.79 Å². The van der Waals surface area contributed by atoms with Crippen LogP contribution in [0.5, 0.6) is 5.75 Å². The molecule has 0 spiro atoms. The first-order valence-electron chi connectivity index (χ1n) is 8.70. The smallest absolute Gasteiger partial charge is 0.227 e. The van der Waals surface area contributed by atoms with Gasteiger partial charge in [-0.25, -0.2) is 4.98 Å². The number of carbonyl (C=O) groups excluding carboxylic acids is 1. The molecule has 128 valence electrons. The summed E-state index contributed by atoms with van der Waals surface area (Å²) >= 11 is 1.61. The molecule has 1 aliphatic carbocycles. The zero-order valence-electron chi connectivity index (χ0n) is 13.9. The van der Waals surface area contributed by atoms with Crippen molar-refractivity contribution in [1.29, 1.82) is 0 Å². The molecule has 0 radical (unpaired) electrons. The Morgan fingerprint density at radius 3 is 2.60 bits per heavy atom. The molecule has 1 aromatic heterocycles. The zero-order chi connectivity index (χ0) is 17.2. The molecule has 1 saturated carbocycles. The van der Waals surface area contributed by atoms with Gasteiger partial charge in [-0.1, -0.05) is 19.3 Å². The zero-order valence-corrected chi connectivity index (χ0v) is 14.7. The second-order valence-corrected chi connectivity index (χ2v) is 7.60. The predicted molar refractivity (Wildman–Crippen MR) is 102 cm³/mol. The average Bonchev–Trinajstić information content (AvgIpc) is 3.06. The number of aromatic nitrogens is 1. The third-order valence-electron chi connectivity index (χ3n) is 4.75. The number of phenolic OH excluding ortho intramolecular Hbond substituents is 1. The van der Waals surface area contributed by atoms with Gasteiger partial charge in [0.25, 0.3) is 0 Å². The average molecular weight is 352 g/mol. The van der Waals surface area contributed by atoms with Gasteiger partial charge in [-0.2, -0.15) is 0 Å². The Labute approximate surface area is 150 Å². The van der Waals surface area contributed by atoms with Crippen molar-refractivity contribution < 1.29 is 9.90 Å². The normalized spacial score (nSPS) is 15.4. The molecule has 3 aromatic rings. The SMILES string of the molecule is O=C(Nc1ccc2sc(-c3ccc(O)cc3)nc2c1)C1CCCCC1. The van der Waals surface area contributed by atoms with Crippen molar-refractivity contribution in [2.45, 2.75) is 32.1 Å². The Bertz CT molecular complexity index is 896. The molecule has 0 atom stereocenters. The van der Waals surface area contributed by atoms with Crippen molar-refractivity contribution in [2.24, 2.45) is 5.92 Å². The van der Waals surface area contributed by atoms with E-state index >= 15 is 0 Å². The van der Waals surface area contributed by atoms with Crippen LogP contribution in [0.1, 0.15) is 32.1 Å². The largest absolute Gasteiger partial charge is 0.508 e. The van der Waals surface area contributed by atoms with Crippen LogP contribution in [-0.4, -0.2) is 16.0 Å². The molecule has 0 unspecified atom stereocenters. The number of nitrogens with one attached hydrogen (secondary N) is 1. The lowest BCUT2D eigenvalue weighted by Gasteiger charge is -2.20. The summed E-state index contributed by atoms with van der Waals surface area (Å²) in [6.07, 6.45) is 5.54. The first-order valence-corrected chi connectivity index (χ1v) is 9.51. The van der Waals surface area contributed by atoms with E-state index in [1.165, 1.54) is 6.42 Å². The summed E-state index contributed by atoms with van der Waals surface area (Å²) in [5.74, 6) is 0.526. The van der Waals surface area contributed by atoms with Crippen LogP contribution in [0, 0.1) is 5.92 Å². The highest BCUT2D eigenvalue weighted by Gasteiger charge is 2.21. The number of rotatable bonds is 3. The molecule has 4 rings (SSSR count). The van der Waals surface area contributed by atoms with E-state index < -0.39 is 0 Å². The van der Waals surface area contributed by atoms with E-state index in [9.17, 15) is 9.90 Å². The Hall–Kier alpha value is -2.40. The van der Waals surface area contributed by atoms with Crippen LogP contribution < -0.4 is 5.32 Å². The number of carbonyl (C=O) groups is 1. The number of hydrogen-bond donors (Lipinski definition) is 2. The molecule has 5 heteroatoms. The first-order chi connectivity index (χ1) is 12.2. The van der Waals surface area contributed by atoms with Gasteiger partial charge in [0.1, 0.15) is 10.8 Å². The minimum atomic E-state index is 0.132. The van der Waals surface area contributed by atoms with Gasteiger partial charge in [0, 0.05) is 17.2 Å². The summed E-state index contributed by atoms with van der Waals surface area (Å²) in [6.45, 7) is 0. The van der Waals surface area contributed by atoms with Gasteiger partial charge in [0.05, 0.1) is 10.2 Å². The number of aromatic hydroxyl groups is 1. The summed E-state index contributed by atoms with van der Waals surface area (Å²) < 4.78 is 1.08. The molecule has 2 aromatic carbocycles. The predicted octanol–water partition coefficient (Wildman–Crippen LogP) is 5.19. The second kappa shape index (κ2) is 6.84. The maximum Gasteiger partial charge on any atom is 0.227 e. The maximum absolute atomic E-state index is 12.4. The van der Waals surface area contributed by atoms with Crippen LogP contribution in [0.25, 0.3) is 20.8 Å². The molecule has 25 heavy (non-hydrogen) atoms. The van der Waals surface area contributed by atoms with Crippen molar-refractivity contribution in [3.8, 4) is 16.3 Å². The number of amides is 1.